The molecule has 0 amide bonds. The molecule has 0 aromatic heterocycles. The Hall–Kier alpha value is -0.370. The summed E-state index contributed by atoms with van der Waals surface area (Å²) in [7, 11) is 0. The zero-order chi connectivity index (χ0) is 7.94. The van der Waals surface area contributed by atoms with Gasteiger partial charge in [-0.25, -0.2) is 0 Å². The molecule has 1 aliphatic carbocycles. The van der Waals surface area contributed by atoms with E-state index in [2.05, 4.69) is 0 Å². The van der Waals surface area contributed by atoms with Crippen molar-refractivity contribution in [3.8, 4) is 0 Å². The van der Waals surface area contributed by atoms with Crippen molar-refractivity contribution in [2.24, 2.45) is 11.3 Å². The SMILES string of the molecule is CC1C(=O)C(O)CC1(C)C. The highest BCUT2D eigenvalue weighted by Crippen LogP contribution is 2.39. The van der Waals surface area contributed by atoms with E-state index in [4.69, 9.17) is 5.11 Å². The van der Waals surface area contributed by atoms with Crippen molar-refractivity contribution in [1.82, 2.24) is 0 Å². The molecule has 58 valence electrons. The standard InChI is InChI=1S/C8H14O2/c1-5-7(10)6(9)4-8(5,2)3/h5-6,9H,4H2,1-3H3. The van der Waals surface area contributed by atoms with Crippen LogP contribution in [0.15, 0.2) is 0 Å². The summed E-state index contributed by atoms with van der Waals surface area (Å²) in [4.78, 5) is 11.1. The van der Waals surface area contributed by atoms with Crippen LogP contribution >= 0.6 is 0 Å². The second kappa shape index (κ2) is 2.06. The Morgan fingerprint density at radius 3 is 2.20 bits per heavy atom. The molecule has 1 fully saturated rings. The molecule has 0 radical (unpaired) electrons. The second-order valence-corrected chi connectivity index (χ2v) is 3.83. The molecule has 0 aliphatic heterocycles. The molecule has 10 heavy (non-hydrogen) atoms. The summed E-state index contributed by atoms with van der Waals surface area (Å²) in [6.45, 7) is 5.93. The number of carbonyl (C=O) groups is 1. The number of hydrogen-bond donors (Lipinski definition) is 1. The maximum absolute atomic E-state index is 11.1. The number of rotatable bonds is 0. The third-order valence-electron chi connectivity index (χ3n) is 2.65. The minimum atomic E-state index is -0.704. The van der Waals surface area contributed by atoms with Gasteiger partial charge in [-0.15, -0.1) is 0 Å². The number of ketones is 1. The van der Waals surface area contributed by atoms with Crippen LogP contribution in [-0.2, 0) is 4.79 Å². The van der Waals surface area contributed by atoms with Gasteiger partial charge in [0.1, 0.15) is 6.10 Å². The maximum atomic E-state index is 11.1. The van der Waals surface area contributed by atoms with Crippen molar-refractivity contribution in [1.29, 1.82) is 0 Å². The first kappa shape index (κ1) is 7.73. The lowest BCUT2D eigenvalue weighted by atomic mass is 9.83. The normalized spacial score (nSPS) is 38.6. The van der Waals surface area contributed by atoms with Crippen molar-refractivity contribution in [3.63, 3.8) is 0 Å². The molecule has 0 heterocycles. The molecule has 1 saturated carbocycles. The molecule has 1 N–H and O–H groups in total. The first-order chi connectivity index (χ1) is 4.45. The average molecular weight is 142 g/mol. The Balaban J connectivity index is 2.81. The maximum Gasteiger partial charge on any atom is 0.164 e. The monoisotopic (exact) mass is 142 g/mol. The molecule has 0 spiro atoms. The highest BCUT2D eigenvalue weighted by atomic mass is 16.3. The smallest absolute Gasteiger partial charge is 0.164 e. The van der Waals surface area contributed by atoms with Crippen molar-refractivity contribution >= 4 is 5.78 Å². The Morgan fingerprint density at radius 2 is 2.10 bits per heavy atom. The molecule has 0 bridgehead atoms. The third-order valence-corrected chi connectivity index (χ3v) is 2.65. The van der Waals surface area contributed by atoms with Crippen LogP contribution in [0, 0.1) is 11.3 Å². The Morgan fingerprint density at radius 1 is 1.60 bits per heavy atom. The van der Waals surface area contributed by atoms with Crippen LogP contribution in [0.2, 0.25) is 0 Å². The van der Waals surface area contributed by atoms with Crippen molar-refractivity contribution in [3.05, 3.63) is 0 Å². The van der Waals surface area contributed by atoms with Gasteiger partial charge in [-0.1, -0.05) is 20.8 Å². The summed E-state index contributed by atoms with van der Waals surface area (Å²) in [6, 6.07) is 0. The first-order valence-corrected chi connectivity index (χ1v) is 3.67. The van der Waals surface area contributed by atoms with Gasteiger partial charge in [0.05, 0.1) is 0 Å². The summed E-state index contributed by atoms with van der Waals surface area (Å²) in [5.74, 6) is 0.0208. The van der Waals surface area contributed by atoms with Gasteiger partial charge >= 0.3 is 0 Å². The van der Waals surface area contributed by atoms with Crippen LogP contribution in [0.4, 0.5) is 0 Å². The third kappa shape index (κ3) is 0.966. The Kier molecular flexibility index (Phi) is 1.59. The molecule has 2 atom stereocenters. The van der Waals surface area contributed by atoms with Gasteiger partial charge in [-0.05, 0) is 11.8 Å². The van der Waals surface area contributed by atoms with Gasteiger partial charge in [0.2, 0.25) is 0 Å². The predicted molar refractivity (Wildman–Crippen MR) is 38.6 cm³/mol. The van der Waals surface area contributed by atoms with Gasteiger partial charge in [-0.2, -0.15) is 0 Å². The predicted octanol–water partition coefficient (Wildman–Crippen LogP) is 0.982. The number of carbonyl (C=O) groups excluding carboxylic acids is 1. The summed E-state index contributed by atoms with van der Waals surface area (Å²) >= 11 is 0. The van der Waals surface area contributed by atoms with Crippen LogP contribution < -0.4 is 0 Å². The number of hydrogen-bond acceptors (Lipinski definition) is 2. The van der Waals surface area contributed by atoms with Gasteiger partial charge in [0, 0.05) is 5.92 Å². The number of Topliss-reactive ketones (excluding diaryl/α,β-unsaturated/α-hetero) is 1. The van der Waals surface area contributed by atoms with Crippen LogP contribution in [0.25, 0.3) is 0 Å². The molecule has 2 heteroatoms. The van der Waals surface area contributed by atoms with E-state index in [1.165, 1.54) is 0 Å². The zero-order valence-corrected chi connectivity index (χ0v) is 6.72. The number of aliphatic hydroxyl groups excluding tert-OH is 1. The highest BCUT2D eigenvalue weighted by Gasteiger charge is 2.43. The quantitative estimate of drug-likeness (QED) is 0.547. The molecule has 0 aromatic carbocycles. The molecule has 0 saturated heterocycles. The van der Waals surface area contributed by atoms with Gasteiger partial charge < -0.3 is 5.11 Å². The van der Waals surface area contributed by atoms with Crippen molar-refractivity contribution < 1.29 is 9.90 Å². The molecule has 1 rings (SSSR count). The summed E-state index contributed by atoms with van der Waals surface area (Å²) in [5.41, 5.74) is -0.00347. The van der Waals surface area contributed by atoms with Crippen LogP contribution in [0.1, 0.15) is 27.2 Å². The number of aliphatic hydroxyl groups is 1. The van der Waals surface area contributed by atoms with E-state index < -0.39 is 6.10 Å². The molecule has 1 aliphatic rings. The van der Waals surface area contributed by atoms with E-state index in [0.717, 1.165) is 0 Å². The van der Waals surface area contributed by atoms with E-state index in [9.17, 15) is 4.79 Å². The molecular formula is C8H14O2. The fourth-order valence-corrected chi connectivity index (χ4v) is 1.45. The molecule has 2 unspecified atom stereocenters. The van der Waals surface area contributed by atoms with Crippen LogP contribution in [-0.4, -0.2) is 17.0 Å². The summed E-state index contributed by atoms with van der Waals surface area (Å²) < 4.78 is 0. The largest absolute Gasteiger partial charge is 0.385 e. The minimum Gasteiger partial charge on any atom is -0.385 e. The Labute approximate surface area is 61.2 Å². The van der Waals surface area contributed by atoms with E-state index >= 15 is 0 Å². The lowest BCUT2D eigenvalue weighted by Gasteiger charge is -2.20. The zero-order valence-electron chi connectivity index (χ0n) is 6.72. The van der Waals surface area contributed by atoms with Crippen molar-refractivity contribution in [2.45, 2.75) is 33.3 Å². The fourth-order valence-electron chi connectivity index (χ4n) is 1.45. The average Bonchev–Trinajstić information content (AvgIpc) is 1.95. The fraction of sp³-hybridized carbons (Fsp3) is 0.875. The van der Waals surface area contributed by atoms with Crippen molar-refractivity contribution in [2.75, 3.05) is 0 Å². The van der Waals surface area contributed by atoms with Gasteiger partial charge in [0.25, 0.3) is 0 Å². The highest BCUT2D eigenvalue weighted by molar-refractivity contribution is 5.87. The second-order valence-electron chi connectivity index (χ2n) is 3.83. The van der Waals surface area contributed by atoms with E-state index in [1.807, 2.05) is 20.8 Å². The van der Waals surface area contributed by atoms with Gasteiger partial charge in [-0.3, -0.25) is 4.79 Å². The summed E-state index contributed by atoms with van der Waals surface area (Å²) in [5, 5.41) is 9.15. The van der Waals surface area contributed by atoms with E-state index in [0.29, 0.717) is 6.42 Å². The van der Waals surface area contributed by atoms with Crippen LogP contribution in [0.5, 0.6) is 0 Å². The van der Waals surface area contributed by atoms with E-state index in [-0.39, 0.29) is 17.1 Å². The Bertz CT molecular complexity index is 161. The van der Waals surface area contributed by atoms with Gasteiger partial charge in [0.15, 0.2) is 5.78 Å². The molecular weight excluding hydrogens is 128 g/mol. The molecule has 2 nitrogen and oxygen atoms in total. The lowest BCUT2D eigenvalue weighted by molar-refractivity contribution is -0.127. The van der Waals surface area contributed by atoms with Crippen LogP contribution in [0.3, 0.4) is 0 Å². The topological polar surface area (TPSA) is 37.3 Å². The first-order valence-electron chi connectivity index (χ1n) is 3.67. The molecule has 0 aromatic rings. The lowest BCUT2D eigenvalue weighted by Crippen LogP contribution is -2.19. The minimum absolute atomic E-state index is 0.00347. The van der Waals surface area contributed by atoms with E-state index in [1.54, 1.807) is 0 Å². The summed E-state index contributed by atoms with van der Waals surface area (Å²) in [6.07, 6.45) is -0.0856.